The summed E-state index contributed by atoms with van der Waals surface area (Å²) in [6.07, 6.45) is -2.78. The lowest BCUT2D eigenvalue weighted by Gasteiger charge is -2.36. The van der Waals surface area contributed by atoms with E-state index in [1.54, 1.807) is 11.0 Å². The van der Waals surface area contributed by atoms with E-state index in [1.807, 2.05) is 0 Å². The highest BCUT2D eigenvalue weighted by Crippen LogP contribution is 2.34. The summed E-state index contributed by atoms with van der Waals surface area (Å²) in [4.78, 5) is 27.7. The summed E-state index contributed by atoms with van der Waals surface area (Å²) in [6.45, 7) is 4.47. The van der Waals surface area contributed by atoms with Crippen molar-refractivity contribution in [3.63, 3.8) is 0 Å². The van der Waals surface area contributed by atoms with Crippen LogP contribution in [0, 0.1) is 0 Å². The fourth-order valence-corrected chi connectivity index (χ4v) is 4.03. The van der Waals surface area contributed by atoms with Gasteiger partial charge in [-0.15, -0.1) is 0 Å². The van der Waals surface area contributed by atoms with Gasteiger partial charge in [-0.2, -0.15) is 13.2 Å². The van der Waals surface area contributed by atoms with E-state index in [0.29, 0.717) is 44.5 Å². The Labute approximate surface area is 161 Å². The number of halogens is 3. The smallest absolute Gasteiger partial charge is 0.390 e. The summed E-state index contributed by atoms with van der Waals surface area (Å²) in [5.41, 5.74) is -0.0533. The Morgan fingerprint density at radius 1 is 1.14 bits per heavy atom. The zero-order valence-corrected chi connectivity index (χ0v) is 15.4. The van der Waals surface area contributed by atoms with Crippen LogP contribution < -0.4 is 0 Å². The molecule has 0 bridgehead atoms. The molecule has 0 aromatic heterocycles. The molecular weight excluding hydrogens is 373 g/mol. The van der Waals surface area contributed by atoms with Crippen molar-refractivity contribution in [2.24, 2.45) is 0 Å². The number of rotatable bonds is 3. The number of carbonyl (C=O) groups is 2. The Bertz CT molecular complexity index is 757. The van der Waals surface area contributed by atoms with Crippen molar-refractivity contribution in [2.45, 2.75) is 43.5 Å². The van der Waals surface area contributed by atoms with Gasteiger partial charge in [0.1, 0.15) is 6.04 Å². The number of benzene rings is 1. The molecule has 1 aromatic carbocycles. The van der Waals surface area contributed by atoms with Crippen LogP contribution in [0.25, 0.3) is 0 Å². The third-order valence-electron chi connectivity index (χ3n) is 5.57. The fourth-order valence-electron chi connectivity index (χ4n) is 4.03. The first kappa shape index (κ1) is 20.4. The number of amides is 2. The molecule has 1 N–H and O–H groups in total. The summed E-state index contributed by atoms with van der Waals surface area (Å²) in [6, 6.07) is 4.39. The van der Waals surface area contributed by atoms with Crippen LogP contribution in [0.1, 0.15) is 36.3 Å². The number of hydrogen-bond donors (Lipinski definition) is 1. The number of nitrogens with zero attached hydrogens (tertiary/aromatic N) is 2. The molecule has 2 aliphatic rings. The quantitative estimate of drug-likeness (QED) is 0.799. The van der Waals surface area contributed by atoms with Gasteiger partial charge in [0.05, 0.1) is 11.7 Å². The molecule has 0 aliphatic carbocycles. The fraction of sp³-hybridized carbons (Fsp3) is 0.500. The summed E-state index contributed by atoms with van der Waals surface area (Å²) >= 11 is 0. The molecule has 8 heteroatoms. The van der Waals surface area contributed by atoms with Crippen molar-refractivity contribution in [1.82, 2.24) is 9.80 Å². The van der Waals surface area contributed by atoms with Gasteiger partial charge in [-0.3, -0.25) is 9.59 Å². The second-order valence-corrected chi connectivity index (χ2v) is 7.26. The SMILES string of the molecule is C=CC(=O)N1CC[C@@H](O)[C@H]1C(=O)N1CCC(c2cccc(C(F)(F)F)c2)CC1. The van der Waals surface area contributed by atoms with Crippen LogP contribution >= 0.6 is 0 Å². The highest BCUT2D eigenvalue weighted by atomic mass is 19.4. The molecule has 2 heterocycles. The van der Waals surface area contributed by atoms with Gasteiger partial charge >= 0.3 is 6.18 Å². The number of likely N-dealkylation sites (tertiary alicyclic amines) is 2. The summed E-state index contributed by atoms with van der Waals surface area (Å²) < 4.78 is 38.8. The van der Waals surface area contributed by atoms with E-state index in [0.717, 1.165) is 12.1 Å². The van der Waals surface area contributed by atoms with Crippen molar-refractivity contribution in [1.29, 1.82) is 0 Å². The number of aliphatic hydroxyl groups is 1. The third-order valence-corrected chi connectivity index (χ3v) is 5.57. The molecule has 2 amide bonds. The first-order valence-electron chi connectivity index (χ1n) is 9.29. The maximum atomic E-state index is 12.9. The third kappa shape index (κ3) is 4.06. The molecule has 0 unspecified atom stereocenters. The van der Waals surface area contributed by atoms with E-state index >= 15 is 0 Å². The van der Waals surface area contributed by atoms with Gasteiger partial charge < -0.3 is 14.9 Å². The van der Waals surface area contributed by atoms with Crippen molar-refractivity contribution < 1.29 is 27.9 Å². The molecule has 0 radical (unpaired) electrons. The number of hydrogen-bond acceptors (Lipinski definition) is 3. The number of alkyl halides is 3. The minimum Gasteiger partial charge on any atom is -0.390 e. The molecule has 0 spiro atoms. The van der Waals surface area contributed by atoms with Gasteiger partial charge in [-0.1, -0.05) is 24.8 Å². The molecule has 0 saturated carbocycles. The molecule has 28 heavy (non-hydrogen) atoms. The Morgan fingerprint density at radius 3 is 2.43 bits per heavy atom. The molecule has 1 aromatic rings. The molecule has 2 fully saturated rings. The molecule has 2 saturated heterocycles. The predicted molar refractivity (Wildman–Crippen MR) is 96.3 cm³/mol. The van der Waals surface area contributed by atoms with Crippen LogP contribution in [0.5, 0.6) is 0 Å². The van der Waals surface area contributed by atoms with Crippen molar-refractivity contribution in [2.75, 3.05) is 19.6 Å². The van der Waals surface area contributed by atoms with Crippen LogP contribution in [0.15, 0.2) is 36.9 Å². The first-order chi connectivity index (χ1) is 13.2. The molecule has 3 rings (SSSR count). The highest BCUT2D eigenvalue weighted by molar-refractivity contribution is 5.93. The Morgan fingerprint density at radius 2 is 1.82 bits per heavy atom. The second-order valence-electron chi connectivity index (χ2n) is 7.26. The molecule has 2 aliphatic heterocycles. The van der Waals surface area contributed by atoms with Crippen LogP contribution in [-0.2, 0) is 15.8 Å². The van der Waals surface area contributed by atoms with Gasteiger partial charge in [0.2, 0.25) is 11.8 Å². The van der Waals surface area contributed by atoms with Crippen molar-refractivity contribution >= 4 is 11.8 Å². The van der Waals surface area contributed by atoms with Gasteiger partial charge in [0.25, 0.3) is 0 Å². The minimum absolute atomic E-state index is 0.0641. The van der Waals surface area contributed by atoms with Gasteiger partial charge in [0.15, 0.2) is 0 Å². The monoisotopic (exact) mass is 396 g/mol. The van der Waals surface area contributed by atoms with Crippen molar-refractivity contribution in [3.8, 4) is 0 Å². The average Bonchev–Trinajstić information content (AvgIpc) is 3.08. The number of carbonyl (C=O) groups excluding carboxylic acids is 2. The zero-order valence-electron chi connectivity index (χ0n) is 15.4. The van der Waals surface area contributed by atoms with Gasteiger partial charge in [-0.25, -0.2) is 0 Å². The summed E-state index contributed by atoms with van der Waals surface area (Å²) in [5.74, 6) is -0.776. The average molecular weight is 396 g/mol. The number of aliphatic hydroxyl groups excluding tert-OH is 1. The maximum absolute atomic E-state index is 12.9. The van der Waals surface area contributed by atoms with Crippen LogP contribution in [-0.4, -0.2) is 58.5 Å². The highest BCUT2D eigenvalue weighted by Gasteiger charge is 2.42. The first-order valence-corrected chi connectivity index (χ1v) is 9.29. The Kier molecular flexibility index (Phi) is 5.79. The molecule has 5 nitrogen and oxygen atoms in total. The van der Waals surface area contributed by atoms with E-state index < -0.39 is 29.8 Å². The van der Waals surface area contributed by atoms with E-state index in [1.165, 1.54) is 17.0 Å². The predicted octanol–water partition coefficient (Wildman–Crippen LogP) is 2.56. The van der Waals surface area contributed by atoms with Crippen LogP contribution in [0.3, 0.4) is 0 Å². The second kappa shape index (κ2) is 7.95. The zero-order chi connectivity index (χ0) is 20.5. The van der Waals surface area contributed by atoms with E-state index in [4.69, 9.17) is 0 Å². The van der Waals surface area contributed by atoms with Crippen molar-refractivity contribution in [3.05, 3.63) is 48.0 Å². The van der Waals surface area contributed by atoms with Gasteiger partial charge in [-0.05, 0) is 42.9 Å². The normalized spacial score (nSPS) is 23.7. The Balaban J connectivity index is 1.66. The Hall–Kier alpha value is -2.35. The van der Waals surface area contributed by atoms with Gasteiger partial charge in [0, 0.05) is 19.6 Å². The molecular formula is C20H23F3N2O3. The summed E-state index contributed by atoms with van der Waals surface area (Å²) in [7, 11) is 0. The number of piperidine rings is 1. The standard InChI is InChI=1S/C20H23F3N2O3/c1-2-17(27)25-11-8-16(26)18(25)19(28)24-9-6-13(7-10-24)14-4-3-5-15(12-14)20(21,22)23/h2-5,12-13,16,18,26H,1,6-11H2/t16-,18+/m1/s1. The lowest BCUT2D eigenvalue weighted by molar-refractivity contribution is -0.145. The molecule has 152 valence electrons. The van der Waals surface area contributed by atoms with Crippen LogP contribution in [0.2, 0.25) is 0 Å². The summed E-state index contributed by atoms with van der Waals surface area (Å²) in [5, 5.41) is 10.2. The minimum atomic E-state index is -4.38. The maximum Gasteiger partial charge on any atom is 0.416 e. The lowest BCUT2D eigenvalue weighted by Crippen LogP contribution is -2.52. The van der Waals surface area contributed by atoms with E-state index in [2.05, 4.69) is 6.58 Å². The van der Waals surface area contributed by atoms with E-state index in [9.17, 15) is 27.9 Å². The largest absolute Gasteiger partial charge is 0.416 e. The van der Waals surface area contributed by atoms with E-state index in [-0.39, 0.29) is 11.8 Å². The molecule has 2 atom stereocenters. The van der Waals surface area contributed by atoms with Crippen LogP contribution in [0.4, 0.5) is 13.2 Å². The topological polar surface area (TPSA) is 60.9 Å². The lowest BCUT2D eigenvalue weighted by atomic mass is 9.88.